The Bertz CT molecular complexity index is 361. The Hall–Kier alpha value is -1.51. The summed E-state index contributed by atoms with van der Waals surface area (Å²) in [5.41, 5.74) is 1.26. The van der Waals surface area contributed by atoms with E-state index in [1.807, 2.05) is 32.0 Å². The van der Waals surface area contributed by atoms with Crippen molar-refractivity contribution in [2.24, 2.45) is 5.92 Å². The molecular weight excluding hydrogens is 214 g/mol. The zero-order valence-corrected chi connectivity index (χ0v) is 10.8. The van der Waals surface area contributed by atoms with Crippen molar-refractivity contribution in [2.75, 3.05) is 13.2 Å². The van der Waals surface area contributed by atoms with Crippen LogP contribution in [0.25, 0.3) is 0 Å². The average Bonchev–Trinajstić information content (AvgIpc) is 2.34. The van der Waals surface area contributed by atoms with Gasteiger partial charge in [-0.2, -0.15) is 0 Å². The molecule has 0 saturated heterocycles. The molecule has 0 aliphatic rings. The van der Waals surface area contributed by atoms with Gasteiger partial charge in [-0.05, 0) is 24.1 Å². The lowest BCUT2D eigenvalue weighted by Crippen LogP contribution is -2.31. The summed E-state index contributed by atoms with van der Waals surface area (Å²) in [6, 6.07) is 8.03. The Morgan fingerprint density at radius 2 is 2.18 bits per heavy atom. The van der Waals surface area contributed by atoms with Crippen LogP contribution in [0.1, 0.15) is 26.3 Å². The first-order valence-corrected chi connectivity index (χ1v) is 6.13. The number of ether oxygens (including phenoxy) is 1. The van der Waals surface area contributed by atoms with Gasteiger partial charge in [0.05, 0.1) is 6.54 Å². The molecule has 1 amide bonds. The van der Waals surface area contributed by atoms with E-state index in [-0.39, 0.29) is 11.8 Å². The van der Waals surface area contributed by atoms with E-state index in [0.717, 1.165) is 12.2 Å². The van der Waals surface area contributed by atoms with E-state index in [1.54, 1.807) is 0 Å². The number of hydrogen-bond acceptors (Lipinski definition) is 2. The van der Waals surface area contributed by atoms with E-state index < -0.39 is 0 Å². The Morgan fingerprint density at radius 1 is 1.41 bits per heavy atom. The van der Waals surface area contributed by atoms with Crippen LogP contribution >= 0.6 is 0 Å². The maximum Gasteiger partial charge on any atom is 0.222 e. The molecule has 0 heterocycles. The number of carbonyl (C=O) groups is 1. The summed E-state index contributed by atoms with van der Waals surface area (Å²) in [5, 5.41) is 2.82. The summed E-state index contributed by atoms with van der Waals surface area (Å²) < 4.78 is 5.56. The van der Waals surface area contributed by atoms with Crippen LogP contribution in [-0.2, 0) is 11.2 Å². The fourth-order valence-electron chi connectivity index (χ4n) is 1.40. The topological polar surface area (TPSA) is 38.3 Å². The quantitative estimate of drug-likeness (QED) is 0.769. The molecule has 0 radical (unpaired) electrons. The first-order chi connectivity index (χ1) is 8.13. The average molecular weight is 235 g/mol. The molecule has 17 heavy (non-hydrogen) atoms. The smallest absolute Gasteiger partial charge is 0.222 e. The van der Waals surface area contributed by atoms with Gasteiger partial charge in [-0.1, -0.05) is 32.9 Å². The Labute approximate surface area is 103 Å². The summed E-state index contributed by atoms with van der Waals surface area (Å²) in [5.74, 6) is 0.956. The van der Waals surface area contributed by atoms with Crippen LogP contribution in [0.5, 0.6) is 5.75 Å². The second-order valence-corrected chi connectivity index (χ2v) is 4.30. The summed E-state index contributed by atoms with van der Waals surface area (Å²) in [4.78, 5) is 11.3. The van der Waals surface area contributed by atoms with Crippen molar-refractivity contribution in [3.63, 3.8) is 0 Å². The number of amides is 1. The normalized spacial score (nSPS) is 10.4. The predicted molar refractivity (Wildman–Crippen MR) is 69.2 cm³/mol. The standard InChI is InChI=1S/C14H21NO2/c1-4-12-6-5-7-13(10-12)17-9-8-15-14(16)11(2)3/h5-7,10-11H,4,8-9H2,1-3H3,(H,15,16). The minimum atomic E-state index is 0.0263. The van der Waals surface area contributed by atoms with Crippen molar-refractivity contribution >= 4 is 5.91 Å². The minimum Gasteiger partial charge on any atom is -0.492 e. The highest BCUT2D eigenvalue weighted by Gasteiger charge is 2.04. The summed E-state index contributed by atoms with van der Waals surface area (Å²) in [6.45, 7) is 6.92. The zero-order chi connectivity index (χ0) is 12.7. The van der Waals surface area contributed by atoms with Gasteiger partial charge in [0, 0.05) is 5.92 Å². The molecule has 1 aromatic rings. The van der Waals surface area contributed by atoms with Crippen molar-refractivity contribution < 1.29 is 9.53 Å². The highest BCUT2D eigenvalue weighted by molar-refractivity contribution is 5.77. The van der Waals surface area contributed by atoms with E-state index in [1.165, 1.54) is 5.56 Å². The number of hydrogen-bond donors (Lipinski definition) is 1. The third-order valence-electron chi connectivity index (χ3n) is 2.50. The number of carbonyl (C=O) groups excluding carboxylic acids is 1. The van der Waals surface area contributed by atoms with Crippen LogP contribution in [0, 0.1) is 5.92 Å². The lowest BCUT2D eigenvalue weighted by molar-refractivity contribution is -0.124. The van der Waals surface area contributed by atoms with Crippen LogP contribution in [0.2, 0.25) is 0 Å². The molecule has 0 aliphatic heterocycles. The van der Waals surface area contributed by atoms with E-state index in [2.05, 4.69) is 18.3 Å². The second kappa shape index (κ2) is 6.94. The van der Waals surface area contributed by atoms with Crippen molar-refractivity contribution in [1.29, 1.82) is 0 Å². The maximum atomic E-state index is 11.3. The van der Waals surface area contributed by atoms with Crippen LogP contribution in [0.4, 0.5) is 0 Å². The Morgan fingerprint density at radius 3 is 2.82 bits per heavy atom. The number of benzene rings is 1. The number of rotatable bonds is 6. The van der Waals surface area contributed by atoms with Gasteiger partial charge in [-0.15, -0.1) is 0 Å². The molecule has 94 valence electrons. The first kappa shape index (κ1) is 13.6. The van der Waals surface area contributed by atoms with Gasteiger partial charge < -0.3 is 10.1 Å². The van der Waals surface area contributed by atoms with E-state index >= 15 is 0 Å². The van der Waals surface area contributed by atoms with Crippen LogP contribution in [-0.4, -0.2) is 19.1 Å². The predicted octanol–water partition coefficient (Wildman–Crippen LogP) is 2.40. The second-order valence-electron chi connectivity index (χ2n) is 4.30. The van der Waals surface area contributed by atoms with Crippen molar-refractivity contribution in [3.8, 4) is 5.75 Å². The lowest BCUT2D eigenvalue weighted by Gasteiger charge is -2.09. The van der Waals surface area contributed by atoms with Crippen LogP contribution in [0.3, 0.4) is 0 Å². The fourth-order valence-corrected chi connectivity index (χ4v) is 1.40. The maximum absolute atomic E-state index is 11.3. The van der Waals surface area contributed by atoms with Gasteiger partial charge in [0.2, 0.25) is 5.91 Å². The lowest BCUT2D eigenvalue weighted by atomic mass is 10.2. The minimum absolute atomic E-state index is 0.0263. The zero-order valence-electron chi connectivity index (χ0n) is 10.8. The molecule has 0 aromatic heterocycles. The molecule has 0 bridgehead atoms. The molecule has 1 aromatic carbocycles. The molecule has 3 nitrogen and oxygen atoms in total. The van der Waals surface area contributed by atoms with Crippen molar-refractivity contribution in [3.05, 3.63) is 29.8 Å². The molecule has 0 fully saturated rings. The van der Waals surface area contributed by atoms with Crippen molar-refractivity contribution in [1.82, 2.24) is 5.32 Å². The Balaban J connectivity index is 2.28. The van der Waals surface area contributed by atoms with Crippen molar-refractivity contribution in [2.45, 2.75) is 27.2 Å². The van der Waals surface area contributed by atoms with Crippen LogP contribution in [0.15, 0.2) is 24.3 Å². The third kappa shape index (κ3) is 4.89. The van der Waals surface area contributed by atoms with Crippen LogP contribution < -0.4 is 10.1 Å². The van der Waals surface area contributed by atoms with Gasteiger partial charge in [0.25, 0.3) is 0 Å². The van der Waals surface area contributed by atoms with Gasteiger partial charge in [0.15, 0.2) is 0 Å². The van der Waals surface area contributed by atoms with E-state index in [4.69, 9.17) is 4.74 Å². The molecule has 0 atom stereocenters. The van der Waals surface area contributed by atoms with E-state index in [0.29, 0.717) is 13.2 Å². The summed E-state index contributed by atoms with van der Waals surface area (Å²) in [6.07, 6.45) is 1.00. The number of aryl methyl sites for hydroxylation is 1. The summed E-state index contributed by atoms with van der Waals surface area (Å²) >= 11 is 0. The van der Waals surface area contributed by atoms with Gasteiger partial charge in [-0.25, -0.2) is 0 Å². The Kier molecular flexibility index (Phi) is 5.53. The molecule has 0 unspecified atom stereocenters. The highest BCUT2D eigenvalue weighted by Crippen LogP contribution is 2.13. The molecule has 1 rings (SSSR count). The van der Waals surface area contributed by atoms with Gasteiger partial charge in [0.1, 0.15) is 12.4 Å². The summed E-state index contributed by atoms with van der Waals surface area (Å²) in [7, 11) is 0. The SMILES string of the molecule is CCc1cccc(OCCNC(=O)C(C)C)c1. The molecule has 0 spiro atoms. The first-order valence-electron chi connectivity index (χ1n) is 6.13. The van der Waals surface area contributed by atoms with Gasteiger partial charge >= 0.3 is 0 Å². The fraction of sp³-hybridized carbons (Fsp3) is 0.500. The molecule has 0 saturated carbocycles. The third-order valence-corrected chi connectivity index (χ3v) is 2.50. The molecule has 0 aliphatic carbocycles. The number of nitrogens with one attached hydrogen (secondary N) is 1. The largest absolute Gasteiger partial charge is 0.492 e. The van der Waals surface area contributed by atoms with Gasteiger partial charge in [-0.3, -0.25) is 4.79 Å². The molecule has 1 N–H and O–H groups in total. The van der Waals surface area contributed by atoms with E-state index in [9.17, 15) is 4.79 Å². The monoisotopic (exact) mass is 235 g/mol. The highest BCUT2D eigenvalue weighted by atomic mass is 16.5. The molecular formula is C14H21NO2. The molecule has 3 heteroatoms.